The molecule has 0 fully saturated rings. The molecule has 0 aliphatic carbocycles. The van der Waals surface area contributed by atoms with Gasteiger partial charge < -0.3 is 9.90 Å². The van der Waals surface area contributed by atoms with Crippen LogP contribution in [0.1, 0.15) is 13.3 Å². The van der Waals surface area contributed by atoms with Crippen molar-refractivity contribution in [3.63, 3.8) is 0 Å². The van der Waals surface area contributed by atoms with Gasteiger partial charge in [-0.15, -0.1) is 11.6 Å². The van der Waals surface area contributed by atoms with Gasteiger partial charge in [0.05, 0.1) is 0 Å². The Hall–Kier alpha value is 0.760. The van der Waals surface area contributed by atoms with Crippen LogP contribution in [0.2, 0.25) is 0 Å². The Morgan fingerprint density at radius 3 is 2.25 bits per heavy atom. The Bertz CT molecular complexity index is 74.4. The molecule has 0 N–H and O–H groups in total. The first kappa shape index (κ1) is 11.5. The molecule has 0 aromatic heterocycles. The maximum atomic E-state index is 9.61. The normalized spacial score (nSPS) is 11.8. The summed E-state index contributed by atoms with van der Waals surface area (Å²) >= 11 is 5.25. The smallest absolute Gasteiger partial charge is 0.550 e. The molecule has 0 bridgehead atoms. The maximum Gasteiger partial charge on any atom is 1.00 e. The van der Waals surface area contributed by atoms with Crippen LogP contribution in [0.4, 0.5) is 0 Å². The Balaban J connectivity index is 0. The maximum absolute atomic E-state index is 9.61. The predicted octanol–water partition coefficient (Wildman–Crippen LogP) is -3.24. The molecule has 0 unspecified atom stereocenters. The molecule has 0 amide bonds. The quantitative estimate of drug-likeness (QED) is 0.302. The van der Waals surface area contributed by atoms with Crippen LogP contribution in [0.25, 0.3) is 0 Å². The second-order valence-electron chi connectivity index (χ2n) is 1.36. The van der Waals surface area contributed by atoms with E-state index in [9.17, 15) is 9.90 Å². The fourth-order valence-electron chi connectivity index (χ4n) is 0.230. The van der Waals surface area contributed by atoms with Crippen molar-refractivity contribution in [3.8, 4) is 0 Å². The molecule has 0 rings (SSSR count). The van der Waals surface area contributed by atoms with Gasteiger partial charge in [-0.3, -0.25) is 0 Å². The van der Waals surface area contributed by atoms with Crippen molar-refractivity contribution in [1.82, 2.24) is 0 Å². The average Bonchev–Trinajstić information content (AvgIpc) is 1.27. The third-order valence-corrected chi connectivity index (χ3v) is 0.602. The van der Waals surface area contributed by atoms with Crippen molar-refractivity contribution in [3.05, 3.63) is 0 Å². The second kappa shape index (κ2) is 5.89. The fraction of sp³-hybridized carbons (Fsp3) is 0.750. The van der Waals surface area contributed by atoms with E-state index in [0.29, 0.717) is 0 Å². The second-order valence-corrected chi connectivity index (χ2v) is 2.10. The van der Waals surface area contributed by atoms with Gasteiger partial charge in [0.1, 0.15) is 0 Å². The Morgan fingerprint density at radius 1 is 1.88 bits per heavy atom. The molecule has 1 atom stereocenters. The largest absolute Gasteiger partial charge is 1.00 e. The number of rotatable bonds is 2. The molecule has 0 aromatic rings. The van der Waals surface area contributed by atoms with Gasteiger partial charge in [-0.2, -0.15) is 0 Å². The SMILES string of the molecule is C[C@@H](Cl)CC(=O)[O-].[Na+]. The van der Waals surface area contributed by atoms with E-state index in [1.165, 1.54) is 0 Å². The van der Waals surface area contributed by atoms with Gasteiger partial charge in [-0.25, -0.2) is 0 Å². The van der Waals surface area contributed by atoms with Crippen molar-refractivity contribution in [2.45, 2.75) is 18.7 Å². The first-order valence-electron chi connectivity index (χ1n) is 1.97. The van der Waals surface area contributed by atoms with Gasteiger partial charge in [0.25, 0.3) is 0 Å². The number of hydrogen-bond acceptors (Lipinski definition) is 2. The number of halogens is 1. The van der Waals surface area contributed by atoms with E-state index in [4.69, 9.17) is 11.6 Å². The molecule has 0 aromatic carbocycles. The molecular weight excluding hydrogens is 138 g/mol. The molecular formula is C4H6ClNaO2. The molecule has 0 radical (unpaired) electrons. The molecule has 0 saturated heterocycles. The van der Waals surface area contributed by atoms with Gasteiger partial charge in [0.15, 0.2) is 0 Å². The van der Waals surface area contributed by atoms with Crippen LogP contribution in [0.5, 0.6) is 0 Å². The molecule has 2 nitrogen and oxygen atoms in total. The predicted molar refractivity (Wildman–Crippen MR) is 24.9 cm³/mol. The van der Waals surface area contributed by atoms with Gasteiger partial charge in [-0.1, -0.05) is 0 Å². The first-order chi connectivity index (χ1) is 3.13. The summed E-state index contributed by atoms with van der Waals surface area (Å²) in [5.74, 6) is -1.09. The number of carbonyl (C=O) groups excluding carboxylic acids is 1. The topological polar surface area (TPSA) is 40.1 Å². The molecule has 4 heteroatoms. The molecule has 42 valence electrons. The van der Waals surface area contributed by atoms with Crippen molar-refractivity contribution < 1.29 is 39.5 Å². The monoisotopic (exact) mass is 144 g/mol. The van der Waals surface area contributed by atoms with Crippen molar-refractivity contribution >= 4 is 17.6 Å². The van der Waals surface area contributed by atoms with Crippen LogP contribution in [-0.4, -0.2) is 11.3 Å². The molecule has 0 saturated carbocycles. The number of carboxylic acid groups (broad SMARTS) is 1. The van der Waals surface area contributed by atoms with Crippen LogP contribution in [0, 0.1) is 0 Å². The van der Waals surface area contributed by atoms with E-state index in [1.807, 2.05) is 0 Å². The van der Waals surface area contributed by atoms with Crippen molar-refractivity contribution in [1.29, 1.82) is 0 Å². The third-order valence-electron chi connectivity index (χ3n) is 0.448. The summed E-state index contributed by atoms with van der Waals surface area (Å²) in [4.78, 5) is 9.61. The van der Waals surface area contributed by atoms with Crippen LogP contribution in [0.15, 0.2) is 0 Å². The number of carboxylic acids is 1. The Morgan fingerprint density at radius 2 is 2.25 bits per heavy atom. The summed E-state index contributed by atoms with van der Waals surface area (Å²) in [6.07, 6.45) is -0.0679. The molecule has 0 spiro atoms. The number of alkyl halides is 1. The van der Waals surface area contributed by atoms with Crippen molar-refractivity contribution in [2.24, 2.45) is 0 Å². The average molecular weight is 145 g/mol. The summed E-state index contributed by atoms with van der Waals surface area (Å²) in [6, 6.07) is 0. The molecule has 0 heterocycles. The zero-order chi connectivity index (χ0) is 5.86. The minimum Gasteiger partial charge on any atom is -0.550 e. The summed E-state index contributed by atoms with van der Waals surface area (Å²) in [5.41, 5.74) is 0. The minimum atomic E-state index is -1.09. The zero-order valence-corrected chi connectivity index (χ0v) is 7.73. The van der Waals surface area contributed by atoms with Gasteiger partial charge >= 0.3 is 29.6 Å². The summed E-state index contributed by atoms with van der Waals surface area (Å²) in [6.45, 7) is 1.61. The summed E-state index contributed by atoms with van der Waals surface area (Å²) < 4.78 is 0. The van der Waals surface area contributed by atoms with E-state index in [2.05, 4.69) is 0 Å². The van der Waals surface area contributed by atoms with Crippen LogP contribution >= 0.6 is 11.6 Å². The standard InChI is InChI=1S/C4H7ClO2.Na/c1-3(5)2-4(6)7;/h3H,2H2,1H3,(H,6,7);/q;+1/p-1/t3-;/m1./s1. The van der Waals surface area contributed by atoms with Crippen LogP contribution in [0.3, 0.4) is 0 Å². The molecule has 0 aliphatic heterocycles. The van der Waals surface area contributed by atoms with E-state index in [-0.39, 0.29) is 41.4 Å². The van der Waals surface area contributed by atoms with Crippen LogP contribution in [-0.2, 0) is 4.79 Å². The summed E-state index contributed by atoms with van der Waals surface area (Å²) in [5, 5.41) is 9.30. The van der Waals surface area contributed by atoms with Gasteiger partial charge in [0, 0.05) is 17.8 Å². The molecule has 0 aliphatic rings. The van der Waals surface area contributed by atoms with E-state index < -0.39 is 5.97 Å². The van der Waals surface area contributed by atoms with Crippen molar-refractivity contribution in [2.75, 3.05) is 0 Å². The van der Waals surface area contributed by atoms with Gasteiger partial charge in [0.2, 0.25) is 0 Å². The minimum absolute atomic E-state index is 0. The Labute approximate surface area is 75.5 Å². The zero-order valence-electron chi connectivity index (χ0n) is 4.98. The molecule has 8 heavy (non-hydrogen) atoms. The number of carbonyl (C=O) groups is 1. The van der Waals surface area contributed by atoms with E-state index >= 15 is 0 Å². The van der Waals surface area contributed by atoms with E-state index in [0.717, 1.165) is 0 Å². The number of aliphatic carboxylic acids is 1. The Kier molecular flexibility index (Phi) is 8.50. The third kappa shape index (κ3) is 9.90. The summed E-state index contributed by atoms with van der Waals surface area (Å²) in [7, 11) is 0. The number of hydrogen-bond donors (Lipinski definition) is 0. The first-order valence-corrected chi connectivity index (χ1v) is 2.40. The van der Waals surface area contributed by atoms with Crippen LogP contribution < -0.4 is 34.7 Å². The fourth-order valence-corrected chi connectivity index (χ4v) is 0.356. The van der Waals surface area contributed by atoms with Gasteiger partial charge in [-0.05, 0) is 6.92 Å². The van der Waals surface area contributed by atoms with E-state index in [1.54, 1.807) is 6.92 Å².